The summed E-state index contributed by atoms with van der Waals surface area (Å²) in [6.45, 7) is 2.28. The Morgan fingerprint density at radius 3 is 2.85 bits per heavy atom. The van der Waals surface area contributed by atoms with Crippen LogP contribution < -0.4 is 4.90 Å². The highest BCUT2D eigenvalue weighted by atomic mass is 16.6. The van der Waals surface area contributed by atoms with Gasteiger partial charge in [0.2, 0.25) is 0 Å². The van der Waals surface area contributed by atoms with E-state index < -0.39 is 11.0 Å². The maximum atomic E-state index is 11.3. The van der Waals surface area contributed by atoms with Crippen LogP contribution in [-0.4, -0.2) is 34.3 Å². The Balaban J connectivity index is 2.41. The van der Waals surface area contributed by atoms with Crippen molar-refractivity contribution in [1.82, 2.24) is 0 Å². The van der Waals surface area contributed by atoms with Gasteiger partial charge in [0, 0.05) is 12.6 Å². The molecule has 0 radical (unpaired) electrons. The Morgan fingerprint density at radius 2 is 2.25 bits per heavy atom. The predicted molar refractivity (Wildman–Crippen MR) is 75.8 cm³/mol. The molecule has 2 N–H and O–H groups in total. The van der Waals surface area contributed by atoms with Gasteiger partial charge in [0.05, 0.1) is 23.7 Å². The molecule has 1 saturated heterocycles. The summed E-state index contributed by atoms with van der Waals surface area (Å²) in [5.41, 5.74) is 1.04. The SMILES string of the molecule is C[C@@H](O)c1ccc(N2CCCCC2CO)c([N+](=O)[O-])c1. The number of nitrogens with zero attached hydrogens (tertiary/aromatic N) is 2. The van der Waals surface area contributed by atoms with Crippen LogP contribution in [0.5, 0.6) is 0 Å². The van der Waals surface area contributed by atoms with Crippen molar-refractivity contribution in [1.29, 1.82) is 0 Å². The monoisotopic (exact) mass is 280 g/mol. The summed E-state index contributed by atoms with van der Waals surface area (Å²) in [6.07, 6.45) is 2.09. The highest BCUT2D eigenvalue weighted by molar-refractivity contribution is 5.65. The van der Waals surface area contributed by atoms with Crippen molar-refractivity contribution in [2.45, 2.75) is 38.3 Å². The first-order valence-electron chi connectivity index (χ1n) is 6.88. The molecule has 1 heterocycles. The molecule has 0 spiro atoms. The molecule has 6 nitrogen and oxygen atoms in total. The molecular weight excluding hydrogens is 260 g/mol. The molecule has 0 amide bonds. The van der Waals surface area contributed by atoms with E-state index in [4.69, 9.17) is 0 Å². The van der Waals surface area contributed by atoms with Gasteiger partial charge in [-0.25, -0.2) is 0 Å². The summed E-state index contributed by atoms with van der Waals surface area (Å²) in [5.74, 6) is 0. The van der Waals surface area contributed by atoms with Crippen LogP contribution in [0.3, 0.4) is 0 Å². The topological polar surface area (TPSA) is 86.8 Å². The molecule has 0 saturated carbocycles. The van der Waals surface area contributed by atoms with Crippen LogP contribution in [-0.2, 0) is 0 Å². The van der Waals surface area contributed by atoms with E-state index in [9.17, 15) is 20.3 Å². The number of nitro groups is 1. The minimum Gasteiger partial charge on any atom is -0.394 e. The first-order chi connectivity index (χ1) is 9.54. The van der Waals surface area contributed by atoms with E-state index in [2.05, 4.69) is 0 Å². The molecule has 1 fully saturated rings. The van der Waals surface area contributed by atoms with Crippen molar-refractivity contribution in [2.75, 3.05) is 18.1 Å². The summed E-state index contributed by atoms with van der Waals surface area (Å²) >= 11 is 0. The second kappa shape index (κ2) is 6.19. The summed E-state index contributed by atoms with van der Waals surface area (Å²) in [5, 5.41) is 30.3. The fourth-order valence-corrected chi connectivity index (χ4v) is 2.70. The third kappa shape index (κ3) is 2.91. The van der Waals surface area contributed by atoms with Crippen LogP contribution in [0, 0.1) is 10.1 Å². The van der Waals surface area contributed by atoms with Crippen molar-refractivity contribution in [3.05, 3.63) is 33.9 Å². The summed E-state index contributed by atoms with van der Waals surface area (Å²) in [7, 11) is 0. The number of piperidine rings is 1. The molecule has 0 aliphatic carbocycles. The van der Waals surface area contributed by atoms with Crippen molar-refractivity contribution >= 4 is 11.4 Å². The number of rotatable bonds is 4. The molecular formula is C14H20N2O4. The van der Waals surface area contributed by atoms with E-state index in [1.807, 2.05) is 4.90 Å². The van der Waals surface area contributed by atoms with Gasteiger partial charge in [-0.2, -0.15) is 0 Å². The quantitative estimate of drug-likeness (QED) is 0.650. The highest BCUT2D eigenvalue weighted by Crippen LogP contribution is 2.34. The molecule has 6 heteroatoms. The van der Waals surface area contributed by atoms with Gasteiger partial charge in [-0.3, -0.25) is 10.1 Å². The van der Waals surface area contributed by atoms with Crippen LogP contribution in [0.25, 0.3) is 0 Å². The predicted octanol–water partition coefficient (Wildman–Crippen LogP) is 2.00. The Bertz CT molecular complexity index is 490. The standard InChI is InChI=1S/C14H20N2O4/c1-10(18)11-5-6-13(14(8-11)16(19)20)15-7-3-2-4-12(15)9-17/h5-6,8,10,12,17-18H,2-4,7,9H2,1H3/t10-,12?/m1/s1. The van der Waals surface area contributed by atoms with Crippen LogP contribution in [0.15, 0.2) is 18.2 Å². The first kappa shape index (κ1) is 14.7. The molecule has 0 aromatic heterocycles. The Morgan fingerprint density at radius 1 is 1.50 bits per heavy atom. The number of nitro benzene ring substituents is 1. The van der Waals surface area contributed by atoms with E-state index in [1.165, 1.54) is 6.07 Å². The zero-order valence-corrected chi connectivity index (χ0v) is 11.5. The normalized spacial score (nSPS) is 20.8. The molecule has 1 aliphatic rings. The molecule has 1 unspecified atom stereocenters. The van der Waals surface area contributed by atoms with Crippen molar-refractivity contribution in [2.24, 2.45) is 0 Å². The molecule has 110 valence electrons. The third-order valence-corrected chi connectivity index (χ3v) is 3.83. The van der Waals surface area contributed by atoms with Crippen LogP contribution in [0.4, 0.5) is 11.4 Å². The van der Waals surface area contributed by atoms with Crippen molar-refractivity contribution in [3.8, 4) is 0 Å². The lowest BCUT2D eigenvalue weighted by Gasteiger charge is -2.36. The van der Waals surface area contributed by atoms with Gasteiger partial charge in [-0.05, 0) is 37.8 Å². The second-order valence-corrected chi connectivity index (χ2v) is 5.21. The van der Waals surface area contributed by atoms with Crippen LogP contribution in [0.1, 0.15) is 37.9 Å². The van der Waals surface area contributed by atoms with Crippen molar-refractivity contribution < 1.29 is 15.1 Å². The lowest BCUT2D eigenvalue weighted by Crippen LogP contribution is -2.42. The van der Waals surface area contributed by atoms with Crippen LogP contribution in [0.2, 0.25) is 0 Å². The second-order valence-electron chi connectivity index (χ2n) is 5.21. The van der Waals surface area contributed by atoms with E-state index in [1.54, 1.807) is 19.1 Å². The average Bonchev–Trinajstić information content (AvgIpc) is 2.46. The van der Waals surface area contributed by atoms with Gasteiger partial charge in [0.25, 0.3) is 5.69 Å². The Kier molecular flexibility index (Phi) is 4.57. The number of benzene rings is 1. The van der Waals surface area contributed by atoms with E-state index in [0.29, 0.717) is 17.8 Å². The molecule has 1 aliphatic heterocycles. The third-order valence-electron chi connectivity index (χ3n) is 3.83. The van der Waals surface area contributed by atoms with Gasteiger partial charge in [0.15, 0.2) is 0 Å². The molecule has 2 rings (SSSR count). The molecule has 2 atom stereocenters. The molecule has 1 aromatic carbocycles. The average molecular weight is 280 g/mol. The fraction of sp³-hybridized carbons (Fsp3) is 0.571. The summed E-state index contributed by atoms with van der Waals surface area (Å²) < 4.78 is 0. The number of aliphatic hydroxyl groups excluding tert-OH is 2. The molecule has 1 aromatic rings. The van der Waals surface area contributed by atoms with Crippen molar-refractivity contribution in [3.63, 3.8) is 0 Å². The van der Waals surface area contributed by atoms with Gasteiger partial charge >= 0.3 is 0 Å². The lowest BCUT2D eigenvalue weighted by atomic mass is 10.0. The smallest absolute Gasteiger partial charge is 0.292 e. The molecule has 0 bridgehead atoms. The van der Waals surface area contributed by atoms with E-state index in [-0.39, 0.29) is 18.3 Å². The maximum Gasteiger partial charge on any atom is 0.292 e. The van der Waals surface area contributed by atoms with Gasteiger partial charge in [-0.15, -0.1) is 0 Å². The lowest BCUT2D eigenvalue weighted by molar-refractivity contribution is -0.384. The minimum atomic E-state index is -0.738. The zero-order chi connectivity index (χ0) is 14.7. The number of hydrogen-bond donors (Lipinski definition) is 2. The minimum absolute atomic E-state index is 0.00465. The van der Waals surface area contributed by atoms with E-state index >= 15 is 0 Å². The largest absolute Gasteiger partial charge is 0.394 e. The number of hydrogen-bond acceptors (Lipinski definition) is 5. The number of anilines is 1. The van der Waals surface area contributed by atoms with Gasteiger partial charge in [-0.1, -0.05) is 6.07 Å². The Hall–Kier alpha value is -1.66. The maximum absolute atomic E-state index is 11.3. The fourth-order valence-electron chi connectivity index (χ4n) is 2.70. The van der Waals surface area contributed by atoms with Crippen LogP contribution >= 0.6 is 0 Å². The summed E-state index contributed by atoms with van der Waals surface area (Å²) in [6, 6.07) is 4.73. The van der Waals surface area contributed by atoms with E-state index in [0.717, 1.165) is 19.3 Å². The van der Waals surface area contributed by atoms with Gasteiger partial charge in [0.1, 0.15) is 5.69 Å². The molecule has 20 heavy (non-hydrogen) atoms. The van der Waals surface area contributed by atoms with Gasteiger partial charge < -0.3 is 15.1 Å². The highest BCUT2D eigenvalue weighted by Gasteiger charge is 2.28. The summed E-state index contributed by atoms with van der Waals surface area (Å²) in [4.78, 5) is 12.8. The zero-order valence-electron chi connectivity index (χ0n) is 11.5. The Labute approximate surface area is 117 Å². The first-order valence-corrected chi connectivity index (χ1v) is 6.88. The number of aliphatic hydroxyl groups is 2.